The van der Waals surface area contributed by atoms with E-state index in [2.05, 4.69) is 187 Å². The first-order valence-electron chi connectivity index (χ1n) is 22.1. The molecule has 0 N–H and O–H groups in total. The molecule has 0 bridgehead atoms. The van der Waals surface area contributed by atoms with Crippen LogP contribution in [0.25, 0.3) is 66.8 Å². The van der Waals surface area contributed by atoms with Crippen molar-refractivity contribution in [3.63, 3.8) is 0 Å². The highest BCUT2D eigenvalue weighted by molar-refractivity contribution is 7.99. The van der Waals surface area contributed by atoms with Crippen LogP contribution < -0.4 is 9.64 Å². The summed E-state index contributed by atoms with van der Waals surface area (Å²) in [6, 6.07) is 70.6. The predicted molar refractivity (Wildman–Crippen MR) is 265 cm³/mol. The first kappa shape index (κ1) is 37.0. The van der Waals surface area contributed by atoms with Crippen molar-refractivity contribution >= 4 is 50.5 Å². The molecule has 3 aliphatic rings. The van der Waals surface area contributed by atoms with Gasteiger partial charge in [0.05, 0.1) is 50.0 Å². The van der Waals surface area contributed by atoms with E-state index in [0.29, 0.717) is 5.82 Å². The van der Waals surface area contributed by atoms with Crippen molar-refractivity contribution in [1.29, 1.82) is 0 Å². The van der Waals surface area contributed by atoms with E-state index in [0.717, 1.165) is 100 Å². The third-order valence-corrected chi connectivity index (χ3v) is 14.6. The molecule has 6 nitrogen and oxygen atoms in total. The van der Waals surface area contributed by atoms with E-state index >= 15 is 0 Å². The molecule has 8 aromatic carbocycles. The van der Waals surface area contributed by atoms with Gasteiger partial charge in [-0.3, -0.25) is 9.97 Å². The molecule has 0 fully saturated rings. The number of ether oxygens (including phenoxy) is 1. The summed E-state index contributed by atoms with van der Waals surface area (Å²) in [7, 11) is 0. The van der Waals surface area contributed by atoms with Crippen LogP contribution in [0.1, 0.15) is 22.3 Å². The summed E-state index contributed by atoms with van der Waals surface area (Å²) in [6.07, 6.45) is 3.87. The summed E-state index contributed by atoms with van der Waals surface area (Å²) in [5.41, 5.74) is 14.6. The number of para-hydroxylation sites is 3. The van der Waals surface area contributed by atoms with E-state index < -0.39 is 5.41 Å². The molecule has 7 heteroatoms. The Morgan fingerprint density at radius 2 is 1.18 bits per heavy atom. The lowest BCUT2D eigenvalue weighted by Gasteiger charge is -2.42. The second kappa shape index (κ2) is 14.3. The van der Waals surface area contributed by atoms with Crippen LogP contribution >= 0.6 is 11.8 Å². The van der Waals surface area contributed by atoms with Gasteiger partial charge in [-0.05, 0) is 76.2 Å². The van der Waals surface area contributed by atoms with Crippen molar-refractivity contribution in [3.05, 3.63) is 235 Å². The molecule has 1 spiro atoms. The molecule has 0 saturated heterocycles. The zero-order valence-corrected chi connectivity index (χ0v) is 36.1. The number of fused-ring (bicyclic) bond motifs is 14. The van der Waals surface area contributed by atoms with Gasteiger partial charge in [0.2, 0.25) is 0 Å². The molecule has 11 aromatic rings. The van der Waals surface area contributed by atoms with Gasteiger partial charge in [0.1, 0.15) is 0 Å². The molecule has 0 amide bonds. The first-order valence-corrected chi connectivity index (χ1v) is 22.9. The van der Waals surface area contributed by atoms with Gasteiger partial charge >= 0.3 is 0 Å². The van der Waals surface area contributed by atoms with Gasteiger partial charge in [-0.1, -0.05) is 163 Å². The molecule has 0 radical (unpaired) electrons. The highest BCUT2D eigenvalue weighted by atomic mass is 32.2. The second-order valence-corrected chi connectivity index (χ2v) is 18.0. The predicted octanol–water partition coefficient (Wildman–Crippen LogP) is 15.0. The second-order valence-electron chi connectivity index (χ2n) is 16.9. The van der Waals surface area contributed by atoms with Crippen molar-refractivity contribution in [3.8, 4) is 56.7 Å². The molecule has 14 rings (SSSR count). The molecule has 308 valence electrons. The van der Waals surface area contributed by atoms with Crippen molar-refractivity contribution in [2.75, 3.05) is 4.90 Å². The average molecular weight is 862 g/mol. The summed E-state index contributed by atoms with van der Waals surface area (Å²) < 4.78 is 7.13. The number of aromatic nitrogens is 4. The van der Waals surface area contributed by atoms with Gasteiger partial charge in [0.25, 0.3) is 0 Å². The molecular weight excluding hydrogens is 827 g/mol. The van der Waals surface area contributed by atoms with Crippen LogP contribution in [0.5, 0.6) is 11.5 Å². The SMILES string of the molecule is c1ccc(-c2nc(-c3ccc(-c4cnc5c(c4)C4(c6ccccc6Sc6c4ccc4c6Oc6ccccc6N4c4cccc6ccccc46)c4cccnc4-5)cc3)nc3ccccc23)cc1. The maximum atomic E-state index is 7.13. The molecule has 1 unspecified atom stereocenters. The van der Waals surface area contributed by atoms with Gasteiger partial charge in [0, 0.05) is 50.3 Å². The fourth-order valence-electron chi connectivity index (χ4n) is 10.5. The van der Waals surface area contributed by atoms with E-state index in [-0.39, 0.29) is 0 Å². The molecule has 2 aliphatic heterocycles. The summed E-state index contributed by atoms with van der Waals surface area (Å²) in [6.45, 7) is 0. The molecular formula is C59H35N5OS. The normalized spacial score (nSPS) is 15.1. The fraction of sp³-hybridized carbons (Fsp3) is 0.0169. The summed E-state index contributed by atoms with van der Waals surface area (Å²) in [4.78, 5) is 25.2. The van der Waals surface area contributed by atoms with Gasteiger partial charge < -0.3 is 9.64 Å². The van der Waals surface area contributed by atoms with Crippen LogP contribution in [0, 0.1) is 0 Å². The number of hydrogen-bond acceptors (Lipinski definition) is 7. The Morgan fingerprint density at radius 1 is 0.455 bits per heavy atom. The summed E-state index contributed by atoms with van der Waals surface area (Å²) in [5, 5.41) is 3.39. The minimum atomic E-state index is -0.731. The fourth-order valence-corrected chi connectivity index (χ4v) is 11.8. The van der Waals surface area contributed by atoms with Gasteiger partial charge in [-0.15, -0.1) is 0 Å². The van der Waals surface area contributed by atoms with E-state index in [1.165, 1.54) is 21.2 Å². The highest BCUT2D eigenvalue weighted by Crippen LogP contribution is 2.66. The largest absolute Gasteiger partial charge is 0.452 e. The zero-order chi connectivity index (χ0) is 43.3. The Balaban J connectivity index is 0.948. The van der Waals surface area contributed by atoms with Crippen LogP contribution in [0.2, 0.25) is 0 Å². The lowest BCUT2D eigenvalue weighted by molar-refractivity contribution is 0.461. The zero-order valence-electron chi connectivity index (χ0n) is 35.3. The van der Waals surface area contributed by atoms with Crippen molar-refractivity contribution in [2.45, 2.75) is 15.2 Å². The van der Waals surface area contributed by atoms with E-state index in [1.54, 1.807) is 11.8 Å². The number of anilines is 3. The Bertz CT molecular complexity index is 3790. The maximum absolute atomic E-state index is 7.13. The number of benzene rings is 8. The Hall–Kier alpha value is -8.39. The van der Waals surface area contributed by atoms with Gasteiger partial charge in [-0.25, -0.2) is 9.97 Å². The Kier molecular flexibility index (Phi) is 8.03. The molecule has 1 atom stereocenters. The van der Waals surface area contributed by atoms with Crippen molar-refractivity contribution in [1.82, 2.24) is 19.9 Å². The number of pyridine rings is 2. The smallest absolute Gasteiger partial charge is 0.165 e. The molecule has 1 aliphatic carbocycles. The Morgan fingerprint density at radius 3 is 2.11 bits per heavy atom. The van der Waals surface area contributed by atoms with Crippen molar-refractivity contribution < 1.29 is 4.74 Å². The van der Waals surface area contributed by atoms with Crippen LogP contribution in [0.3, 0.4) is 0 Å². The van der Waals surface area contributed by atoms with E-state index in [9.17, 15) is 0 Å². The first-order chi connectivity index (χ1) is 32.7. The summed E-state index contributed by atoms with van der Waals surface area (Å²) in [5.74, 6) is 2.33. The molecule has 66 heavy (non-hydrogen) atoms. The minimum absolute atomic E-state index is 0.687. The van der Waals surface area contributed by atoms with E-state index in [1.807, 2.05) is 30.6 Å². The third kappa shape index (κ3) is 5.32. The standard InChI is InChI=1S/C59H35N5OS/c1-2-15-38(16-3-1)53-42-19-6-8-22-47(42)62-58(63-53)39-29-27-36(28-30-39)40-34-46-55(61-35-40)54-44(21-13-33-60-54)59(46)43-20-7-11-26-52(43)66-57-45(59)31-32-50-56(57)65-51-25-10-9-23-49(51)64(50)48-24-12-17-37-14-4-5-18-41(37)48/h1-35H. The van der Waals surface area contributed by atoms with Crippen LogP contribution in [0.4, 0.5) is 17.1 Å². The molecule has 5 heterocycles. The lowest BCUT2D eigenvalue weighted by atomic mass is 9.67. The summed E-state index contributed by atoms with van der Waals surface area (Å²) >= 11 is 1.78. The molecule has 0 saturated carbocycles. The number of rotatable bonds is 4. The van der Waals surface area contributed by atoms with Crippen LogP contribution in [0.15, 0.2) is 222 Å². The molecule has 3 aromatic heterocycles. The van der Waals surface area contributed by atoms with Crippen LogP contribution in [-0.2, 0) is 5.41 Å². The monoisotopic (exact) mass is 861 g/mol. The van der Waals surface area contributed by atoms with E-state index in [4.69, 9.17) is 24.7 Å². The maximum Gasteiger partial charge on any atom is 0.165 e. The van der Waals surface area contributed by atoms with Gasteiger partial charge in [0.15, 0.2) is 17.3 Å². The topological polar surface area (TPSA) is 64.0 Å². The quantitative estimate of drug-likeness (QED) is 0.175. The Labute approximate surface area is 384 Å². The minimum Gasteiger partial charge on any atom is -0.452 e. The van der Waals surface area contributed by atoms with Crippen LogP contribution in [-0.4, -0.2) is 19.9 Å². The van der Waals surface area contributed by atoms with Crippen molar-refractivity contribution in [2.24, 2.45) is 0 Å². The van der Waals surface area contributed by atoms with Gasteiger partial charge in [-0.2, -0.15) is 0 Å². The third-order valence-electron chi connectivity index (χ3n) is 13.4. The number of nitrogens with zero attached hydrogens (tertiary/aromatic N) is 5. The number of hydrogen-bond donors (Lipinski definition) is 0. The highest BCUT2D eigenvalue weighted by Gasteiger charge is 2.53. The average Bonchev–Trinajstić information content (AvgIpc) is 3.67. The lowest BCUT2D eigenvalue weighted by Crippen LogP contribution is -2.32.